The van der Waals surface area contributed by atoms with Crippen molar-refractivity contribution in [1.29, 1.82) is 0 Å². The standard InChI is InChI=1S/C29H34N2O5/c1-20-5-9-23(10-6-20)29(33)31(24-11-12-24)19-28(32)30(18-25-13-7-21(2)36-25)16-15-22-8-14-26(34-3)27(17-22)35-4/h5-10,13-14,17,24H,11-12,15-16,18-19H2,1-4H3. The predicted octanol–water partition coefficient (Wildman–Crippen LogP) is 4.79. The molecule has 0 saturated heterocycles. The van der Waals surface area contributed by atoms with Crippen LogP contribution >= 0.6 is 0 Å². The molecule has 0 radical (unpaired) electrons. The molecule has 2 aromatic carbocycles. The number of nitrogens with zero attached hydrogens (tertiary/aromatic N) is 2. The van der Waals surface area contributed by atoms with Gasteiger partial charge in [0.05, 0.1) is 20.8 Å². The molecule has 2 amide bonds. The molecule has 1 saturated carbocycles. The summed E-state index contributed by atoms with van der Waals surface area (Å²) in [6.07, 6.45) is 2.48. The lowest BCUT2D eigenvalue weighted by Crippen LogP contribution is -2.44. The maximum absolute atomic E-state index is 13.6. The summed E-state index contributed by atoms with van der Waals surface area (Å²) in [6, 6.07) is 17.2. The highest BCUT2D eigenvalue weighted by molar-refractivity contribution is 5.97. The van der Waals surface area contributed by atoms with Gasteiger partial charge in [0.25, 0.3) is 5.91 Å². The molecule has 7 nitrogen and oxygen atoms in total. The van der Waals surface area contributed by atoms with E-state index in [1.807, 2.05) is 68.4 Å². The fourth-order valence-electron chi connectivity index (χ4n) is 4.21. The average Bonchev–Trinajstić information content (AvgIpc) is 3.65. The highest BCUT2D eigenvalue weighted by Crippen LogP contribution is 2.29. The fourth-order valence-corrected chi connectivity index (χ4v) is 4.21. The van der Waals surface area contributed by atoms with Crippen LogP contribution in [-0.2, 0) is 17.8 Å². The van der Waals surface area contributed by atoms with E-state index in [0.29, 0.717) is 36.6 Å². The molecule has 4 rings (SSSR count). The van der Waals surface area contributed by atoms with Crippen LogP contribution in [0, 0.1) is 13.8 Å². The first kappa shape index (κ1) is 25.4. The summed E-state index contributed by atoms with van der Waals surface area (Å²) in [4.78, 5) is 30.4. The third-order valence-electron chi connectivity index (χ3n) is 6.47. The molecular formula is C29H34N2O5. The molecule has 0 spiro atoms. The number of carbonyl (C=O) groups is 2. The smallest absolute Gasteiger partial charge is 0.254 e. The van der Waals surface area contributed by atoms with Crippen molar-refractivity contribution in [3.63, 3.8) is 0 Å². The Labute approximate surface area is 212 Å². The van der Waals surface area contributed by atoms with Gasteiger partial charge in [-0.15, -0.1) is 0 Å². The first-order valence-electron chi connectivity index (χ1n) is 12.3. The Morgan fingerprint density at radius 1 is 0.944 bits per heavy atom. The molecule has 1 fully saturated rings. The van der Waals surface area contributed by atoms with Crippen LogP contribution in [0.2, 0.25) is 0 Å². The van der Waals surface area contributed by atoms with Gasteiger partial charge in [-0.3, -0.25) is 9.59 Å². The Kier molecular flexibility index (Phi) is 7.98. The van der Waals surface area contributed by atoms with Gasteiger partial charge in [-0.25, -0.2) is 0 Å². The van der Waals surface area contributed by atoms with E-state index in [9.17, 15) is 9.59 Å². The number of carbonyl (C=O) groups excluding carboxylic acids is 2. The van der Waals surface area contributed by atoms with Crippen molar-refractivity contribution in [1.82, 2.24) is 9.80 Å². The number of methoxy groups -OCH3 is 2. The second kappa shape index (κ2) is 11.3. The Balaban J connectivity index is 1.50. The van der Waals surface area contributed by atoms with Crippen LogP contribution in [0.1, 0.15) is 45.8 Å². The first-order valence-corrected chi connectivity index (χ1v) is 12.3. The number of aryl methyl sites for hydroxylation is 2. The van der Waals surface area contributed by atoms with Gasteiger partial charge < -0.3 is 23.7 Å². The molecule has 36 heavy (non-hydrogen) atoms. The van der Waals surface area contributed by atoms with Crippen LogP contribution in [0.15, 0.2) is 59.0 Å². The summed E-state index contributed by atoms with van der Waals surface area (Å²) in [5, 5.41) is 0. The molecule has 1 aromatic heterocycles. The quantitative estimate of drug-likeness (QED) is 0.387. The van der Waals surface area contributed by atoms with Crippen LogP contribution < -0.4 is 9.47 Å². The third-order valence-corrected chi connectivity index (χ3v) is 6.47. The third kappa shape index (κ3) is 6.27. The summed E-state index contributed by atoms with van der Waals surface area (Å²) in [5.74, 6) is 2.63. The fraction of sp³-hybridized carbons (Fsp3) is 0.379. The molecule has 190 valence electrons. The Bertz CT molecular complexity index is 1200. The largest absolute Gasteiger partial charge is 0.493 e. The van der Waals surface area contributed by atoms with Crippen LogP contribution in [0.5, 0.6) is 11.5 Å². The zero-order valence-electron chi connectivity index (χ0n) is 21.5. The van der Waals surface area contributed by atoms with Gasteiger partial charge in [0, 0.05) is 18.2 Å². The van der Waals surface area contributed by atoms with Gasteiger partial charge in [-0.1, -0.05) is 23.8 Å². The monoisotopic (exact) mass is 490 g/mol. The minimum Gasteiger partial charge on any atom is -0.493 e. The molecule has 3 aromatic rings. The number of hydrogen-bond acceptors (Lipinski definition) is 5. The van der Waals surface area contributed by atoms with E-state index in [4.69, 9.17) is 13.9 Å². The molecule has 0 bridgehead atoms. The topological polar surface area (TPSA) is 72.2 Å². The van der Waals surface area contributed by atoms with Crippen LogP contribution in [-0.4, -0.2) is 55.0 Å². The summed E-state index contributed by atoms with van der Waals surface area (Å²) in [5.41, 5.74) is 2.73. The maximum atomic E-state index is 13.6. The van der Waals surface area contributed by atoms with E-state index in [-0.39, 0.29) is 24.4 Å². The number of rotatable bonds is 11. The first-order chi connectivity index (χ1) is 17.4. The minimum atomic E-state index is -0.100. The van der Waals surface area contributed by atoms with E-state index in [1.165, 1.54) is 0 Å². The van der Waals surface area contributed by atoms with Gasteiger partial charge in [0.1, 0.15) is 18.1 Å². The van der Waals surface area contributed by atoms with E-state index >= 15 is 0 Å². The molecule has 7 heteroatoms. The van der Waals surface area contributed by atoms with Gasteiger partial charge in [-0.05, 0) is 75.1 Å². The lowest BCUT2D eigenvalue weighted by molar-refractivity contribution is -0.132. The molecule has 1 aliphatic rings. The van der Waals surface area contributed by atoms with Crippen molar-refractivity contribution in [2.75, 3.05) is 27.3 Å². The van der Waals surface area contributed by atoms with Gasteiger partial charge >= 0.3 is 0 Å². The summed E-state index contributed by atoms with van der Waals surface area (Å²) < 4.78 is 16.5. The van der Waals surface area contributed by atoms with Crippen molar-refractivity contribution in [2.45, 2.75) is 45.7 Å². The number of ether oxygens (including phenoxy) is 2. The van der Waals surface area contributed by atoms with E-state index < -0.39 is 0 Å². The zero-order chi connectivity index (χ0) is 25.7. The SMILES string of the molecule is COc1ccc(CCN(Cc2ccc(C)o2)C(=O)CN(C(=O)c2ccc(C)cc2)C2CC2)cc1OC. The Hall–Kier alpha value is -3.74. The van der Waals surface area contributed by atoms with Gasteiger partial charge in [0.2, 0.25) is 5.91 Å². The zero-order valence-corrected chi connectivity index (χ0v) is 21.5. The second-order valence-electron chi connectivity index (χ2n) is 9.30. The van der Waals surface area contributed by atoms with Crippen molar-refractivity contribution in [2.24, 2.45) is 0 Å². The summed E-state index contributed by atoms with van der Waals surface area (Å²) in [7, 11) is 3.21. The molecule has 1 aliphatic carbocycles. The summed E-state index contributed by atoms with van der Waals surface area (Å²) in [6.45, 7) is 4.74. The van der Waals surface area contributed by atoms with E-state index in [1.54, 1.807) is 24.0 Å². The van der Waals surface area contributed by atoms with Crippen molar-refractivity contribution in [3.8, 4) is 11.5 Å². The van der Waals surface area contributed by atoms with Gasteiger partial charge in [0.15, 0.2) is 11.5 Å². The molecule has 0 atom stereocenters. The van der Waals surface area contributed by atoms with E-state index in [2.05, 4.69) is 0 Å². The normalized spacial score (nSPS) is 12.8. The van der Waals surface area contributed by atoms with Crippen LogP contribution in [0.25, 0.3) is 0 Å². The summed E-state index contributed by atoms with van der Waals surface area (Å²) >= 11 is 0. The maximum Gasteiger partial charge on any atom is 0.254 e. The molecule has 0 N–H and O–H groups in total. The number of hydrogen-bond donors (Lipinski definition) is 0. The van der Waals surface area contributed by atoms with Crippen molar-refractivity contribution >= 4 is 11.8 Å². The molecule has 1 heterocycles. The Morgan fingerprint density at radius 2 is 1.67 bits per heavy atom. The van der Waals surface area contributed by atoms with Crippen molar-refractivity contribution in [3.05, 3.63) is 82.8 Å². The minimum absolute atomic E-state index is 0.0446. The molecular weight excluding hydrogens is 456 g/mol. The van der Waals surface area contributed by atoms with Crippen LogP contribution in [0.4, 0.5) is 0 Å². The highest BCUT2D eigenvalue weighted by atomic mass is 16.5. The Morgan fingerprint density at radius 3 is 2.28 bits per heavy atom. The average molecular weight is 491 g/mol. The van der Waals surface area contributed by atoms with Gasteiger partial charge in [-0.2, -0.15) is 0 Å². The number of furan rings is 1. The van der Waals surface area contributed by atoms with E-state index in [0.717, 1.165) is 35.5 Å². The van der Waals surface area contributed by atoms with Crippen molar-refractivity contribution < 1.29 is 23.5 Å². The second-order valence-corrected chi connectivity index (χ2v) is 9.30. The lowest BCUT2D eigenvalue weighted by atomic mass is 10.1. The number of amides is 2. The highest BCUT2D eigenvalue weighted by Gasteiger charge is 2.35. The van der Waals surface area contributed by atoms with Crippen LogP contribution in [0.3, 0.4) is 0 Å². The molecule has 0 unspecified atom stereocenters. The number of benzene rings is 2. The molecule has 0 aliphatic heterocycles. The lowest BCUT2D eigenvalue weighted by Gasteiger charge is -2.27. The predicted molar refractivity (Wildman–Crippen MR) is 137 cm³/mol.